The molecule has 0 radical (unpaired) electrons. The molecular weight excluding hydrogens is 374 g/mol. The summed E-state index contributed by atoms with van der Waals surface area (Å²) >= 11 is 0. The van der Waals surface area contributed by atoms with Gasteiger partial charge in [-0.05, 0) is 79.7 Å². The van der Waals surface area contributed by atoms with Crippen molar-refractivity contribution in [2.45, 2.75) is 46.1 Å². The number of carbonyl (C=O) groups is 2. The van der Waals surface area contributed by atoms with Crippen LogP contribution < -0.4 is 10.2 Å². The Balaban J connectivity index is 1.37. The summed E-state index contributed by atoms with van der Waals surface area (Å²) < 4.78 is 0. The Labute approximate surface area is 179 Å². The van der Waals surface area contributed by atoms with Crippen molar-refractivity contribution in [2.24, 2.45) is 5.92 Å². The van der Waals surface area contributed by atoms with Gasteiger partial charge in [0.25, 0.3) is 5.91 Å². The second kappa shape index (κ2) is 9.00. The molecule has 0 saturated carbocycles. The van der Waals surface area contributed by atoms with Gasteiger partial charge in [0.15, 0.2) is 0 Å². The van der Waals surface area contributed by atoms with E-state index >= 15 is 0 Å². The Morgan fingerprint density at radius 3 is 2.47 bits per heavy atom. The SMILES string of the molecule is CCC(=O)N1CCc2cc(C(=O)Nc3ccc(CN4CCC(C)CC4)cc3)ccc21. The molecule has 0 aromatic heterocycles. The first-order valence-electron chi connectivity index (χ1n) is 11.1. The topological polar surface area (TPSA) is 52.7 Å². The summed E-state index contributed by atoms with van der Waals surface area (Å²) in [7, 11) is 0. The summed E-state index contributed by atoms with van der Waals surface area (Å²) in [6, 6.07) is 13.8. The average Bonchev–Trinajstić information content (AvgIpc) is 3.19. The molecule has 2 heterocycles. The van der Waals surface area contributed by atoms with Gasteiger partial charge in [-0.15, -0.1) is 0 Å². The van der Waals surface area contributed by atoms with E-state index in [0.29, 0.717) is 18.5 Å². The first-order valence-corrected chi connectivity index (χ1v) is 11.1. The van der Waals surface area contributed by atoms with Gasteiger partial charge in [-0.1, -0.05) is 26.0 Å². The normalized spacial score (nSPS) is 17.1. The zero-order valence-electron chi connectivity index (χ0n) is 18.0. The molecule has 2 amide bonds. The number of benzene rings is 2. The van der Waals surface area contributed by atoms with E-state index in [1.165, 1.54) is 31.5 Å². The van der Waals surface area contributed by atoms with Gasteiger partial charge in [0.1, 0.15) is 0 Å². The molecule has 0 spiro atoms. The fourth-order valence-electron chi connectivity index (χ4n) is 4.37. The highest BCUT2D eigenvalue weighted by atomic mass is 16.2. The summed E-state index contributed by atoms with van der Waals surface area (Å²) in [6.07, 6.45) is 3.85. The Morgan fingerprint density at radius 1 is 1.03 bits per heavy atom. The predicted octanol–water partition coefficient (Wildman–Crippen LogP) is 4.47. The fraction of sp³-hybridized carbons (Fsp3) is 0.440. The molecule has 30 heavy (non-hydrogen) atoms. The lowest BCUT2D eigenvalue weighted by atomic mass is 9.99. The number of hydrogen-bond donors (Lipinski definition) is 1. The first kappa shape index (κ1) is 20.6. The van der Waals surface area contributed by atoms with Crippen LogP contribution in [0.15, 0.2) is 42.5 Å². The van der Waals surface area contributed by atoms with Gasteiger partial charge < -0.3 is 10.2 Å². The maximum absolute atomic E-state index is 12.7. The predicted molar refractivity (Wildman–Crippen MR) is 121 cm³/mol. The van der Waals surface area contributed by atoms with Gasteiger partial charge >= 0.3 is 0 Å². The maximum Gasteiger partial charge on any atom is 0.255 e. The molecule has 0 unspecified atom stereocenters. The van der Waals surface area contributed by atoms with Crippen molar-refractivity contribution in [1.29, 1.82) is 0 Å². The van der Waals surface area contributed by atoms with E-state index in [9.17, 15) is 9.59 Å². The molecule has 1 fully saturated rings. The van der Waals surface area contributed by atoms with E-state index in [1.807, 2.05) is 36.1 Å². The number of piperidine rings is 1. The molecule has 1 saturated heterocycles. The molecule has 0 bridgehead atoms. The minimum Gasteiger partial charge on any atom is -0.322 e. The van der Waals surface area contributed by atoms with Gasteiger partial charge in [-0.2, -0.15) is 0 Å². The monoisotopic (exact) mass is 405 g/mol. The van der Waals surface area contributed by atoms with E-state index in [2.05, 4.69) is 29.3 Å². The van der Waals surface area contributed by atoms with Crippen LogP contribution in [0, 0.1) is 5.92 Å². The Hall–Kier alpha value is -2.66. The largest absolute Gasteiger partial charge is 0.322 e. The van der Waals surface area contributed by atoms with E-state index < -0.39 is 0 Å². The van der Waals surface area contributed by atoms with Crippen molar-refractivity contribution >= 4 is 23.2 Å². The standard InChI is InChI=1S/C25H31N3O2/c1-3-24(29)28-15-12-20-16-21(6-9-23(20)28)25(30)26-22-7-4-19(5-8-22)17-27-13-10-18(2)11-14-27/h4-9,16,18H,3,10-15,17H2,1-2H3,(H,26,30). The second-order valence-corrected chi connectivity index (χ2v) is 8.60. The van der Waals surface area contributed by atoms with E-state index in [4.69, 9.17) is 0 Å². The highest BCUT2D eigenvalue weighted by molar-refractivity contribution is 6.05. The van der Waals surface area contributed by atoms with Crippen LogP contribution in [-0.4, -0.2) is 36.3 Å². The molecule has 5 nitrogen and oxygen atoms in total. The lowest BCUT2D eigenvalue weighted by Crippen LogP contribution is -2.32. The smallest absolute Gasteiger partial charge is 0.255 e. The van der Waals surface area contributed by atoms with Crippen molar-refractivity contribution in [2.75, 3.05) is 29.9 Å². The van der Waals surface area contributed by atoms with Crippen LogP contribution in [0.1, 0.15) is 54.6 Å². The maximum atomic E-state index is 12.7. The molecule has 2 aromatic carbocycles. The van der Waals surface area contributed by atoms with Crippen LogP contribution in [-0.2, 0) is 17.8 Å². The zero-order valence-corrected chi connectivity index (χ0v) is 18.0. The average molecular weight is 406 g/mol. The molecule has 5 heteroatoms. The number of anilines is 2. The van der Waals surface area contributed by atoms with Gasteiger partial charge in [-0.3, -0.25) is 14.5 Å². The number of fused-ring (bicyclic) bond motifs is 1. The number of likely N-dealkylation sites (tertiary alicyclic amines) is 1. The van der Waals surface area contributed by atoms with Gasteiger partial charge in [-0.25, -0.2) is 0 Å². The first-order chi connectivity index (χ1) is 14.5. The number of carbonyl (C=O) groups excluding carboxylic acids is 2. The third-order valence-corrected chi connectivity index (χ3v) is 6.33. The number of nitrogens with one attached hydrogen (secondary N) is 1. The Morgan fingerprint density at radius 2 is 1.77 bits per heavy atom. The number of amides is 2. The number of rotatable bonds is 5. The van der Waals surface area contributed by atoms with Gasteiger partial charge in [0, 0.05) is 36.4 Å². The van der Waals surface area contributed by atoms with Crippen molar-refractivity contribution in [3.8, 4) is 0 Å². The molecule has 2 aliphatic rings. The summed E-state index contributed by atoms with van der Waals surface area (Å²) in [5.41, 5.74) is 4.72. The van der Waals surface area contributed by atoms with Crippen LogP contribution in [0.2, 0.25) is 0 Å². The molecule has 2 aliphatic heterocycles. The van der Waals surface area contributed by atoms with E-state index in [0.717, 1.165) is 35.8 Å². The second-order valence-electron chi connectivity index (χ2n) is 8.60. The quantitative estimate of drug-likeness (QED) is 0.799. The summed E-state index contributed by atoms with van der Waals surface area (Å²) in [5.74, 6) is 0.856. The zero-order chi connectivity index (χ0) is 21.1. The molecule has 1 N–H and O–H groups in total. The van der Waals surface area contributed by atoms with Crippen LogP contribution >= 0.6 is 0 Å². The molecule has 0 atom stereocenters. The molecular formula is C25H31N3O2. The summed E-state index contributed by atoms with van der Waals surface area (Å²) in [5, 5.41) is 3.00. The minimum absolute atomic E-state index is 0.115. The minimum atomic E-state index is -0.115. The van der Waals surface area contributed by atoms with Crippen molar-refractivity contribution in [1.82, 2.24) is 4.90 Å². The van der Waals surface area contributed by atoms with E-state index in [-0.39, 0.29) is 11.8 Å². The highest BCUT2D eigenvalue weighted by Gasteiger charge is 2.24. The van der Waals surface area contributed by atoms with Crippen molar-refractivity contribution in [3.63, 3.8) is 0 Å². The lowest BCUT2D eigenvalue weighted by molar-refractivity contribution is -0.118. The molecule has 4 rings (SSSR count). The van der Waals surface area contributed by atoms with E-state index in [1.54, 1.807) is 6.07 Å². The lowest BCUT2D eigenvalue weighted by Gasteiger charge is -2.30. The fourth-order valence-corrected chi connectivity index (χ4v) is 4.37. The molecule has 0 aliphatic carbocycles. The summed E-state index contributed by atoms with van der Waals surface area (Å²) in [4.78, 5) is 29.1. The summed E-state index contributed by atoms with van der Waals surface area (Å²) in [6.45, 7) is 8.21. The number of nitrogens with zero attached hydrogens (tertiary/aromatic N) is 2. The van der Waals surface area contributed by atoms with Gasteiger partial charge in [0.2, 0.25) is 5.91 Å². The number of hydrogen-bond acceptors (Lipinski definition) is 3. The molecule has 2 aromatic rings. The van der Waals surface area contributed by atoms with Crippen LogP contribution in [0.4, 0.5) is 11.4 Å². The van der Waals surface area contributed by atoms with Crippen LogP contribution in [0.5, 0.6) is 0 Å². The third kappa shape index (κ3) is 4.57. The molecule has 158 valence electrons. The Bertz CT molecular complexity index is 914. The Kier molecular flexibility index (Phi) is 6.18. The van der Waals surface area contributed by atoms with Crippen molar-refractivity contribution < 1.29 is 9.59 Å². The third-order valence-electron chi connectivity index (χ3n) is 6.33. The van der Waals surface area contributed by atoms with Gasteiger partial charge in [0.05, 0.1) is 0 Å². The highest BCUT2D eigenvalue weighted by Crippen LogP contribution is 2.29. The van der Waals surface area contributed by atoms with Crippen LogP contribution in [0.3, 0.4) is 0 Å². The van der Waals surface area contributed by atoms with Crippen LogP contribution in [0.25, 0.3) is 0 Å². The van der Waals surface area contributed by atoms with Crippen molar-refractivity contribution in [3.05, 3.63) is 59.2 Å².